The molecule has 1 aromatic carbocycles. The Labute approximate surface area is 178 Å². The van der Waals surface area contributed by atoms with Gasteiger partial charge in [0.2, 0.25) is 0 Å². The number of alkyl halides is 3. The first kappa shape index (κ1) is 20.7. The van der Waals surface area contributed by atoms with E-state index in [0.29, 0.717) is 16.1 Å². The fourth-order valence-electron chi connectivity index (χ4n) is 2.89. The van der Waals surface area contributed by atoms with Crippen LogP contribution in [-0.2, 0) is 11.8 Å². The standard InChI is InChI=1S/C21H14F3N5OS/c1-20(30,19-27-7-8-31-19)6-5-12-3-2-4-13(9-12)18-28-15-11-26-10-14(25)16(15)17(29-18)21(22,23)24/h2-4,7-11,30H,25H2,1H3/t20-/m1/s1. The van der Waals surface area contributed by atoms with E-state index < -0.39 is 17.5 Å². The Morgan fingerprint density at radius 1 is 1.16 bits per heavy atom. The summed E-state index contributed by atoms with van der Waals surface area (Å²) in [4.78, 5) is 15.8. The third-order valence-corrected chi connectivity index (χ3v) is 5.31. The molecule has 31 heavy (non-hydrogen) atoms. The van der Waals surface area contributed by atoms with Gasteiger partial charge in [0.05, 0.1) is 29.0 Å². The number of hydrogen-bond acceptors (Lipinski definition) is 7. The van der Waals surface area contributed by atoms with Crippen molar-refractivity contribution in [2.24, 2.45) is 0 Å². The van der Waals surface area contributed by atoms with Gasteiger partial charge in [-0.05, 0) is 19.1 Å². The highest BCUT2D eigenvalue weighted by atomic mass is 32.1. The smallest absolute Gasteiger partial charge is 0.397 e. The van der Waals surface area contributed by atoms with Crippen LogP contribution in [0.3, 0.4) is 0 Å². The molecule has 10 heteroatoms. The van der Waals surface area contributed by atoms with E-state index in [4.69, 9.17) is 5.73 Å². The van der Waals surface area contributed by atoms with E-state index in [1.54, 1.807) is 35.8 Å². The zero-order valence-corrected chi connectivity index (χ0v) is 16.8. The maximum Gasteiger partial charge on any atom is 0.434 e. The zero-order valence-electron chi connectivity index (χ0n) is 16.0. The van der Waals surface area contributed by atoms with E-state index in [1.807, 2.05) is 0 Å². The number of pyridine rings is 1. The van der Waals surface area contributed by atoms with Crippen molar-refractivity contribution in [3.63, 3.8) is 0 Å². The molecular weight excluding hydrogens is 427 g/mol. The molecule has 0 aliphatic carbocycles. The first-order valence-corrected chi connectivity index (χ1v) is 9.77. The average molecular weight is 441 g/mol. The second-order valence-electron chi connectivity index (χ2n) is 6.76. The maximum absolute atomic E-state index is 13.6. The molecule has 0 amide bonds. The van der Waals surface area contributed by atoms with Crippen molar-refractivity contribution in [1.82, 2.24) is 19.9 Å². The Morgan fingerprint density at radius 3 is 2.68 bits per heavy atom. The highest BCUT2D eigenvalue weighted by Gasteiger charge is 2.36. The van der Waals surface area contributed by atoms with Crippen LogP contribution < -0.4 is 5.73 Å². The Balaban J connectivity index is 1.79. The molecule has 0 bridgehead atoms. The summed E-state index contributed by atoms with van der Waals surface area (Å²) in [6, 6.07) is 6.41. The lowest BCUT2D eigenvalue weighted by molar-refractivity contribution is -0.139. The SMILES string of the molecule is C[C@@](O)(C#Cc1cccc(-c2nc(C(F)(F)F)c3c(N)cncc3n2)c1)c1nccs1. The normalized spacial score (nSPS) is 13.5. The summed E-state index contributed by atoms with van der Waals surface area (Å²) in [6.45, 7) is 1.52. The summed E-state index contributed by atoms with van der Waals surface area (Å²) >= 11 is 1.26. The van der Waals surface area contributed by atoms with Gasteiger partial charge < -0.3 is 10.8 Å². The summed E-state index contributed by atoms with van der Waals surface area (Å²) in [5, 5.41) is 12.4. The van der Waals surface area contributed by atoms with Crippen molar-refractivity contribution < 1.29 is 18.3 Å². The van der Waals surface area contributed by atoms with Gasteiger partial charge in [0.15, 0.2) is 17.1 Å². The van der Waals surface area contributed by atoms with Gasteiger partial charge in [-0.2, -0.15) is 13.2 Å². The lowest BCUT2D eigenvalue weighted by Gasteiger charge is -2.13. The Kier molecular flexibility index (Phi) is 5.08. The van der Waals surface area contributed by atoms with Gasteiger partial charge in [-0.15, -0.1) is 11.3 Å². The van der Waals surface area contributed by atoms with E-state index in [1.165, 1.54) is 24.5 Å². The molecule has 0 aliphatic heterocycles. The number of benzene rings is 1. The van der Waals surface area contributed by atoms with Gasteiger partial charge in [0.25, 0.3) is 0 Å². The molecule has 0 aliphatic rings. The minimum atomic E-state index is -4.73. The van der Waals surface area contributed by atoms with Crippen LogP contribution in [0.15, 0.2) is 48.2 Å². The van der Waals surface area contributed by atoms with E-state index >= 15 is 0 Å². The van der Waals surface area contributed by atoms with E-state index in [-0.39, 0.29) is 22.4 Å². The van der Waals surface area contributed by atoms with Crippen LogP contribution in [0, 0.1) is 11.8 Å². The number of rotatable bonds is 2. The summed E-state index contributed by atoms with van der Waals surface area (Å²) in [6.07, 6.45) is -0.824. The maximum atomic E-state index is 13.6. The summed E-state index contributed by atoms with van der Waals surface area (Å²) in [7, 11) is 0. The number of fused-ring (bicyclic) bond motifs is 1. The molecule has 4 aromatic rings. The van der Waals surface area contributed by atoms with Crippen LogP contribution in [-0.4, -0.2) is 25.0 Å². The summed E-state index contributed by atoms with van der Waals surface area (Å²) in [5.74, 6) is 5.43. The van der Waals surface area contributed by atoms with Gasteiger partial charge in [0.1, 0.15) is 5.01 Å². The molecule has 3 heterocycles. The Morgan fingerprint density at radius 2 is 1.97 bits per heavy atom. The van der Waals surface area contributed by atoms with Crippen molar-refractivity contribution in [2.75, 3.05) is 5.73 Å². The van der Waals surface area contributed by atoms with Crippen molar-refractivity contribution in [3.8, 4) is 23.2 Å². The highest BCUT2D eigenvalue weighted by Crippen LogP contribution is 2.36. The van der Waals surface area contributed by atoms with Crippen LogP contribution in [0.4, 0.5) is 18.9 Å². The minimum absolute atomic E-state index is 0.0134. The molecule has 1 atom stereocenters. The molecule has 0 spiro atoms. The first-order chi connectivity index (χ1) is 14.6. The molecule has 0 radical (unpaired) electrons. The molecule has 0 fully saturated rings. The lowest BCUT2D eigenvalue weighted by atomic mass is 10.1. The van der Waals surface area contributed by atoms with Crippen molar-refractivity contribution >= 4 is 27.9 Å². The topological polar surface area (TPSA) is 97.8 Å². The van der Waals surface area contributed by atoms with Crippen molar-refractivity contribution in [1.29, 1.82) is 0 Å². The number of aliphatic hydroxyl groups is 1. The number of nitrogen functional groups attached to an aromatic ring is 1. The monoisotopic (exact) mass is 441 g/mol. The number of thiazole rings is 1. The van der Waals surface area contributed by atoms with Gasteiger partial charge in [-0.3, -0.25) is 4.98 Å². The second kappa shape index (κ2) is 7.61. The van der Waals surface area contributed by atoms with Crippen LogP contribution in [0.5, 0.6) is 0 Å². The van der Waals surface area contributed by atoms with Crippen LogP contribution in [0.25, 0.3) is 22.3 Å². The van der Waals surface area contributed by atoms with Crippen molar-refractivity contribution in [3.05, 3.63) is 64.5 Å². The fraction of sp³-hybridized carbons (Fsp3) is 0.143. The second-order valence-corrected chi connectivity index (χ2v) is 7.65. The molecule has 0 saturated carbocycles. The Bertz CT molecular complexity index is 1320. The van der Waals surface area contributed by atoms with Gasteiger partial charge in [-0.1, -0.05) is 24.0 Å². The number of anilines is 1. The number of halogens is 3. The molecule has 4 rings (SSSR count). The lowest BCUT2D eigenvalue weighted by Crippen LogP contribution is -2.17. The predicted molar refractivity (Wildman–Crippen MR) is 111 cm³/mol. The predicted octanol–water partition coefficient (Wildman–Crippen LogP) is 4.01. The minimum Gasteiger partial charge on any atom is -0.397 e. The quantitative estimate of drug-likeness (QED) is 0.456. The summed E-state index contributed by atoms with van der Waals surface area (Å²) < 4.78 is 40.9. The molecular formula is C21H14F3N5OS. The molecule has 3 N–H and O–H groups in total. The van der Waals surface area contributed by atoms with Crippen LogP contribution in [0.2, 0.25) is 0 Å². The molecule has 6 nitrogen and oxygen atoms in total. The van der Waals surface area contributed by atoms with Gasteiger partial charge in [0, 0.05) is 22.7 Å². The highest BCUT2D eigenvalue weighted by molar-refractivity contribution is 7.09. The average Bonchev–Trinajstić information content (AvgIpc) is 3.27. The molecule has 0 unspecified atom stereocenters. The van der Waals surface area contributed by atoms with Gasteiger partial charge in [-0.25, -0.2) is 15.0 Å². The third kappa shape index (κ3) is 4.19. The number of nitrogens with two attached hydrogens (primary N) is 1. The molecule has 0 saturated heterocycles. The van der Waals surface area contributed by atoms with Gasteiger partial charge >= 0.3 is 6.18 Å². The van der Waals surface area contributed by atoms with Crippen LogP contribution >= 0.6 is 11.3 Å². The molecule has 156 valence electrons. The number of nitrogens with zero attached hydrogens (tertiary/aromatic N) is 4. The fourth-order valence-corrected chi connectivity index (χ4v) is 3.54. The first-order valence-electron chi connectivity index (χ1n) is 8.89. The van der Waals surface area contributed by atoms with E-state index in [9.17, 15) is 18.3 Å². The zero-order chi connectivity index (χ0) is 22.2. The molecule has 3 aromatic heterocycles. The largest absolute Gasteiger partial charge is 0.434 e. The van der Waals surface area contributed by atoms with E-state index in [2.05, 4.69) is 31.8 Å². The Hall–Kier alpha value is -3.55. The number of hydrogen-bond donors (Lipinski definition) is 2. The van der Waals surface area contributed by atoms with E-state index in [0.717, 1.165) is 6.20 Å². The summed E-state index contributed by atoms with van der Waals surface area (Å²) in [5.41, 5.74) is 3.74. The third-order valence-electron chi connectivity index (χ3n) is 4.32. The van der Waals surface area contributed by atoms with Crippen molar-refractivity contribution in [2.45, 2.75) is 18.7 Å². The van der Waals surface area contributed by atoms with Crippen LogP contribution in [0.1, 0.15) is 23.2 Å². The number of aromatic nitrogens is 4.